The highest BCUT2D eigenvalue weighted by Crippen LogP contribution is 2.24. The standard InChI is InChI=1S/C15H21NO2/c1-4-5-12(3)18-15(17)16-9-13-7-6-11(2)8-14(13)10-16/h6-8,12H,4-5,9-10H2,1-3H3. The lowest BCUT2D eigenvalue weighted by Gasteiger charge is -2.19. The smallest absolute Gasteiger partial charge is 0.410 e. The number of ether oxygens (including phenoxy) is 1. The molecule has 1 amide bonds. The van der Waals surface area contributed by atoms with Crippen LogP contribution in [0.15, 0.2) is 18.2 Å². The topological polar surface area (TPSA) is 29.5 Å². The second-order valence-corrected chi connectivity index (χ2v) is 5.11. The van der Waals surface area contributed by atoms with Crippen molar-refractivity contribution in [2.24, 2.45) is 0 Å². The van der Waals surface area contributed by atoms with E-state index in [1.165, 1.54) is 16.7 Å². The Bertz CT molecular complexity index is 442. The Morgan fingerprint density at radius 1 is 1.39 bits per heavy atom. The third kappa shape index (κ3) is 2.84. The summed E-state index contributed by atoms with van der Waals surface area (Å²) in [7, 11) is 0. The predicted octanol–water partition coefficient (Wildman–Crippen LogP) is 3.64. The van der Waals surface area contributed by atoms with E-state index in [0.717, 1.165) is 12.8 Å². The summed E-state index contributed by atoms with van der Waals surface area (Å²) in [6, 6.07) is 6.35. The monoisotopic (exact) mass is 247 g/mol. The van der Waals surface area contributed by atoms with Crippen LogP contribution in [0, 0.1) is 6.92 Å². The van der Waals surface area contributed by atoms with Gasteiger partial charge in [-0.05, 0) is 31.4 Å². The molecule has 0 saturated carbocycles. The van der Waals surface area contributed by atoms with Crippen LogP contribution < -0.4 is 0 Å². The van der Waals surface area contributed by atoms with Gasteiger partial charge in [-0.3, -0.25) is 4.90 Å². The van der Waals surface area contributed by atoms with Gasteiger partial charge in [-0.25, -0.2) is 4.79 Å². The first-order valence-electron chi connectivity index (χ1n) is 6.64. The van der Waals surface area contributed by atoms with Crippen LogP contribution in [0.2, 0.25) is 0 Å². The van der Waals surface area contributed by atoms with Gasteiger partial charge in [-0.15, -0.1) is 0 Å². The number of benzene rings is 1. The van der Waals surface area contributed by atoms with Gasteiger partial charge in [0.05, 0.1) is 0 Å². The molecule has 0 spiro atoms. The van der Waals surface area contributed by atoms with Crippen LogP contribution in [0.3, 0.4) is 0 Å². The number of carbonyl (C=O) groups is 1. The molecule has 1 atom stereocenters. The number of carbonyl (C=O) groups excluding carboxylic acids is 1. The molecule has 1 aliphatic rings. The molecule has 1 aliphatic heterocycles. The molecular formula is C15H21NO2. The number of hydrogen-bond donors (Lipinski definition) is 0. The maximum absolute atomic E-state index is 12.0. The van der Waals surface area contributed by atoms with Gasteiger partial charge in [0.25, 0.3) is 0 Å². The van der Waals surface area contributed by atoms with E-state index < -0.39 is 0 Å². The summed E-state index contributed by atoms with van der Waals surface area (Å²) in [5.74, 6) is 0. The quantitative estimate of drug-likeness (QED) is 0.816. The summed E-state index contributed by atoms with van der Waals surface area (Å²) >= 11 is 0. The van der Waals surface area contributed by atoms with Crippen molar-refractivity contribution >= 4 is 6.09 Å². The Morgan fingerprint density at radius 2 is 2.11 bits per heavy atom. The zero-order chi connectivity index (χ0) is 13.1. The fourth-order valence-electron chi connectivity index (χ4n) is 2.36. The molecule has 0 fully saturated rings. The van der Waals surface area contributed by atoms with E-state index in [-0.39, 0.29) is 12.2 Å². The molecule has 1 heterocycles. The summed E-state index contributed by atoms with van der Waals surface area (Å²) in [6.45, 7) is 7.47. The molecule has 0 saturated heterocycles. The molecule has 0 aliphatic carbocycles. The molecule has 0 aromatic heterocycles. The maximum atomic E-state index is 12.0. The van der Waals surface area contributed by atoms with E-state index in [1.807, 2.05) is 6.92 Å². The van der Waals surface area contributed by atoms with Crippen LogP contribution in [-0.2, 0) is 17.8 Å². The Kier molecular flexibility index (Phi) is 3.90. The summed E-state index contributed by atoms with van der Waals surface area (Å²) in [5.41, 5.74) is 3.72. The van der Waals surface area contributed by atoms with Gasteiger partial charge in [0.2, 0.25) is 0 Å². The molecule has 98 valence electrons. The van der Waals surface area contributed by atoms with Crippen molar-refractivity contribution in [1.82, 2.24) is 4.90 Å². The van der Waals surface area contributed by atoms with Crippen molar-refractivity contribution in [3.8, 4) is 0 Å². The number of hydrogen-bond acceptors (Lipinski definition) is 2. The maximum Gasteiger partial charge on any atom is 0.410 e. The average molecular weight is 247 g/mol. The Labute approximate surface area is 109 Å². The lowest BCUT2D eigenvalue weighted by atomic mass is 10.1. The lowest BCUT2D eigenvalue weighted by Crippen LogP contribution is -2.29. The van der Waals surface area contributed by atoms with Crippen LogP contribution in [0.5, 0.6) is 0 Å². The molecule has 3 heteroatoms. The molecule has 3 nitrogen and oxygen atoms in total. The lowest BCUT2D eigenvalue weighted by molar-refractivity contribution is 0.0654. The van der Waals surface area contributed by atoms with Gasteiger partial charge in [0.15, 0.2) is 0 Å². The Morgan fingerprint density at radius 3 is 2.83 bits per heavy atom. The van der Waals surface area contributed by atoms with Crippen molar-refractivity contribution in [1.29, 1.82) is 0 Å². The number of fused-ring (bicyclic) bond motifs is 1. The third-order valence-electron chi connectivity index (χ3n) is 3.34. The minimum Gasteiger partial charge on any atom is -0.446 e. The molecule has 0 bridgehead atoms. The first-order valence-corrected chi connectivity index (χ1v) is 6.64. The summed E-state index contributed by atoms with van der Waals surface area (Å²) in [4.78, 5) is 13.8. The number of nitrogens with zero attached hydrogens (tertiary/aromatic N) is 1. The number of amides is 1. The summed E-state index contributed by atoms with van der Waals surface area (Å²) < 4.78 is 5.42. The van der Waals surface area contributed by atoms with Crippen LogP contribution in [0.25, 0.3) is 0 Å². The van der Waals surface area contributed by atoms with Crippen molar-refractivity contribution in [2.75, 3.05) is 0 Å². The van der Waals surface area contributed by atoms with Crippen LogP contribution in [0.1, 0.15) is 43.4 Å². The van der Waals surface area contributed by atoms with Crippen molar-refractivity contribution < 1.29 is 9.53 Å². The fraction of sp³-hybridized carbons (Fsp3) is 0.533. The van der Waals surface area contributed by atoms with Gasteiger partial charge in [0, 0.05) is 13.1 Å². The third-order valence-corrected chi connectivity index (χ3v) is 3.34. The minimum atomic E-state index is -0.190. The molecular weight excluding hydrogens is 226 g/mol. The molecule has 0 radical (unpaired) electrons. The van der Waals surface area contributed by atoms with E-state index in [0.29, 0.717) is 13.1 Å². The normalized spacial score (nSPS) is 15.4. The van der Waals surface area contributed by atoms with Crippen molar-refractivity contribution in [2.45, 2.75) is 52.8 Å². The molecule has 18 heavy (non-hydrogen) atoms. The van der Waals surface area contributed by atoms with E-state index >= 15 is 0 Å². The zero-order valence-electron chi connectivity index (χ0n) is 11.4. The van der Waals surface area contributed by atoms with Crippen LogP contribution in [0.4, 0.5) is 4.79 Å². The molecule has 0 N–H and O–H groups in total. The highest BCUT2D eigenvalue weighted by molar-refractivity contribution is 5.69. The van der Waals surface area contributed by atoms with Crippen molar-refractivity contribution in [3.63, 3.8) is 0 Å². The minimum absolute atomic E-state index is 0.00736. The zero-order valence-corrected chi connectivity index (χ0v) is 11.4. The van der Waals surface area contributed by atoms with Crippen LogP contribution in [-0.4, -0.2) is 17.1 Å². The summed E-state index contributed by atoms with van der Waals surface area (Å²) in [6.07, 6.45) is 1.78. The molecule has 1 unspecified atom stereocenters. The second kappa shape index (κ2) is 5.42. The highest BCUT2D eigenvalue weighted by Gasteiger charge is 2.25. The van der Waals surface area contributed by atoms with Gasteiger partial charge in [0.1, 0.15) is 6.10 Å². The predicted molar refractivity (Wildman–Crippen MR) is 71.3 cm³/mol. The van der Waals surface area contributed by atoms with E-state index in [9.17, 15) is 4.79 Å². The average Bonchev–Trinajstić information content (AvgIpc) is 2.72. The van der Waals surface area contributed by atoms with E-state index in [2.05, 4.69) is 32.0 Å². The first-order chi connectivity index (χ1) is 8.60. The summed E-state index contributed by atoms with van der Waals surface area (Å²) in [5, 5.41) is 0. The highest BCUT2D eigenvalue weighted by atomic mass is 16.6. The van der Waals surface area contributed by atoms with Gasteiger partial charge >= 0.3 is 6.09 Å². The number of aryl methyl sites for hydroxylation is 1. The Balaban J connectivity index is 1.96. The first kappa shape index (κ1) is 12.9. The van der Waals surface area contributed by atoms with Crippen LogP contribution >= 0.6 is 0 Å². The molecule has 1 aromatic carbocycles. The largest absolute Gasteiger partial charge is 0.446 e. The molecule has 2 rings (SSSR count). The SMILES string of the molecule is CCCC(C)OC(=O)N1Cc2ccc(C)cc2C1. The van der Waals surface area contributed by atoms with Gasteiger partial charge < -0.3 is 4.74 Å². The van der Waals surface area contributed by atoms with E-state index in [1.54, 1.807) is 4.90 Å². The van der Waals surface area contributed by atoms with E-state index in [4.69, 9.17) is 4.74 Å². The second-order valence-electron chi connectivity index (χ2n) is 5.11. The fourth-order valence-corrected chi connectivity index (χ4v) is 2.36. The Hall–Kier alpha value is -1.51. The van der Waals surface area contributed by atoms with Crippen molar-refractivity contribution in [3.05, 3.63) is 34.9 Å². The van der Waals surface area contributed by atoms with Gasteiger partial charge in [-0.2, -0.15) is 0 Å². The van der Waals surface area contributed by atoms with Gasteiger partial charge in [-0.1, -0.05) is 37.1 Å². The number of rotatable bonds is 3. The molecule has 1 aromatic rings.